The van der Waals surface area contributed by atoms with Gasteiger partial charge in [0.1, 0.15) is 18.3 Å². The minimum Gasteiger partial charge on any atom is -0.392 e. The van der Waals surface area contributed by atoms with Crippen molar-refractivity contribution in [3.05, 3.63) is 6.61 Å². The van der Waals surface area contributed by atoms with Gasteiger partial charge in [0.2, 0.25) is 0 Å². The summed E-state index contributed by atoms with van der Waals surface area (Å²) in [5.74, 6) is 0. The minimum absolute atomic E-state index is 0.541. The number of aliphatic hydroxyl groups is 3. The van der Waals surface area contributed by atoms with Crippen molar-refractivity contribution in [1.82, 2.24) is 0 Å². The molecule has 3 atom stereocenters. The standard InChI is InChI=1S/C6H12NO4/c1-5(10)3-11-6(7,2-8)4(5)9/h3-4,8-10H,2,7H2,1H3/t4-,5-,6+/m0/s1. The zero-order chi connectivity index (χ0) is 8.70. The van der Waals surface area contributed by atoms with Crippen LogP contribution in [-0.2, 0) is 4.74 Å². The number of rotatable bonds is 1. The van der Waals surface area contributed by atoms with Crippen LogP contribution in [0.1, 0.15) is 6.92 Å². The highest BCUT2D eigenvalue weighted by molar-refractivity contribution is 5.06. The van der Waals surface area contributed by atoms with Gasteiger partial charge in [-0.25, -0.2) is 0 Å². The Hall–Kier alpha value is -0.200. The van der Waals surface area contributed by atoms with Crippen molar-refractivity contribution in [2.75, 3.05) is 6.61 Å². The van der Waals surface area contributed by atoms with Crippen LogP contribution in [0.25, 0.3) is 0 Å². The third-order valence-electron chi connectivity index (χ3n) is 1.78. The number of aliphatic hydroxyl groups excluding tert-OH is 2. The molecule has 1 rings (SSSR count). The number of nitrogens with two attached hydrogens (primary N) is 1. The minimum atomic E-state index is -1.57. The molecular formula is C6H12NO4. The Morgan fingerprint density at radius 3 is 2.45 bits per heavy atom. The zero-order valence-corrected chi connectivity index (χ0v) is 6.19. The second kappa shape index (κ2) is 2.40. The van der Waals surface area contributed by atoms with Gasteiger partial charge in [0.25, 0.3) is 0 Å². The largest absolute Gasteiger partial charge is 0.392 e. The van der Waals surface area contributed by atoms with Gasteiger partial charge in [-0.1, -0.05) is 0 Å². The monoisotopic (exact) mass is 162 g/mol. The quantitative estimate of drug-likeness (QED) is 0.355. The van der Waals surface area contributed by atoms with Crippen LogP contribution in [0.2, 0.25) is 0 Å². The van der Waals surface area contributed by atoms with Gasteiger partial charge in [-0.3, -0.25) is 5.73 Å². The Labute approximate surface area is 64.4 Å². The summed E-state index contributed by atoms with van der Waals surface area (Å²) >= 11 is 0. The molecule has 1 radical (unpaired) electrons. The maximum Gasteiger partial charge on any atom is 0.169 e. The number of hydrogen-bond donors (Lipinski definition) is 4. The molecule has 0 aromatic carbocycles. The molecule has 1 heterocycles. The first-order valence-electron chi connectivity index (χ1n) is 3.25. The van der Waals surface area contributed by atoms with E-state index in [1.807, 2.05) is 0 Å². The first kappa shape index (κ1) is 8.89. The average molecular weight is 162 g/mol. The predicted octanol–water partition coefficient (Wildman–Crippen LogP) is -2.06. The molecule has 1 fully saturated rings. The fourth-order valence-corrected chi connectivity index (χ4v) is 0.976. The van der Waals surface area contributed by atoms with Gasteiger partial charge in [-0.2, -0.15) is 0 Å². The molecule has 0 saturated carbocycles. The van der Waals surface area contributed by atoms with Gasteiger partial charge in [0.05, 0.1) is 6.61 Å². The Balaban J connectivity index is 2.78. The summed E-state index contributed by atoms with van der Waals surface area (Å²) in [6.45, 7) is 1.83. The first-order chi connectivity index (χ1) is 4.92. The molecule has 5 heteroatoms. The molecule has 0 amide bonds. The van der Waals surface area contributed by atoms with Gasteiger partial charge in [-0.05, 0) is 6.92 Å². The topological polar surface area (TPSA) is 95.9 Å². The summed E-state index contributed by atoms with van der Waals surface area (Å²) in [5.41, 5.74) is 2.31. The third kappa shape index (κ3) is 1.25. The second-order valence-corrected chi connectivity index (χ2v) is 2.98. The molecule has 1 aliphatic rings. The summed E-state index contributed by atoms with van der Waals surface area (Å²) < 4.78 is 4.72. The van der Waals surface area contributed by atoms with Gasteiger partial charge in [-0.15, -0.1) is 0 Å². The Bertz CT molecular complexity index is 161. The van der Waals surface area contributed by atoms with Crippen LogP contribution in [0, 0.1) is 6.61 Å². The Morgan fingerprint density at radius 1 is 1.73 bits per heavy atom. The summed E-state index contributed by atoms with van der Waals surface area (Å²) in [6, 6.07) is 0. The maximum absolute atomic E-state index is 9.31. The van der Waals surface area contributed by atoms with Gasteiger partial charge < -0.3 is 20.1 Å². The van der Waals surface area contributed by atoms with Crippen LogP contribution < -0.4 is 5.73 Å². The highest BCUT2D eigenvalue weighted by atomic mass is 16.6. The van der Waals surface area contributed by atoms with Gasteiger partial charge in [0, 0.05) is 0 Å². The lowest BCUT2D eigenvalue weighted by Gasteiger charge is -2.27. The van der Waals surface area contributed by atoms with Crippen molar-refractivity contribution >= 4 is 0 Å². The molecular weight excluding hydrogens is 150 g/mol. The predicted molar refractivity (Wildman–Crippen MR) is 36.0 cm³/mol. The summed E-state index contributed by atoms with van der Waals surface area (Å²) in [4.78, 5) is 0. The van der Waals surface area contributed by atoms with E-state index in [9.17, 15) is 10.2 Å². The molecule has 0 unspecified atom stereocenters. The van der Waals surface area contributed by atoms with Crippen LogP contribution in [0.15, 0.2) is 0 Å². The van der Waals surface area contributed by atoms with E-state index >= 15 is 0 Å². The van der Waals surface area contributed by atoms with E-state index < -0.39 is 24.0 Å². The fraction of sp³-hybridized carbons (Fsp3) is 0.833. The highest BCUT2D eigenvalue weighted by Gasteiger charge is 2.53. The average Bonchev–Trinajstić information content (AvgIpc) is 2.16. The molecule has 0 aromatic heterocycles. The van der Waals surface area contributed by atoms with Crippen molar-refractivity contribution in [1.29, 1.82) is 0 Å². The van der Waals surface area contributed by atoms with E-state index in [0.29, 0.717) is 0 Å². The van der Waals surface area contributed by atoms with E-state index in [4.69, 9.17) is 15.6 Å². The molecule has 11 heavy (non-hydrogen) atoms. The van der Waals surface area contributed by atoms with E-state index in [1.54, 1.807) is 0 Å². The van der Waals surface area contributed by atoms with Crippen molar-refractivity contribution < 1.29 is 20.1 Å². The molecule has 0 aliphatic carbocycles. The van der Waals surface area contributed by atoms with Gasteiger partial charge in [0.15, 0.2) is 5.72 Å². The smallest absolute Gasteiger partial charge is 0.169 e. The number of ether oxygens (including phenoxy) is 1. The molecule has 0 bridgehead atoms. The molecule has 65 valence electrons. The van der Waals surface area contributed by atoms with Crippen LogP contribution in [0.3, 0.4) is 0 Å². The lowest BCUT2D eigenvalue weighted by Crippen LogP contribution is -2.56. The van der Waals surface area contributed by atoms with E-state index in [1.165, 1.54) is 6.92 Å². The maximum atomic E-state index is 9.31. The van der Waals surface area contributed by atoms with E-state index in [0.717, 1.165) is 6.61 Å². The summed E-state index contributed by atoms with van der Waals surface area (Å²) in [5, 5.41) is 27.3. The van der Waals surface area contributed by atoms with Gasteiger partial charge >= 0.3 is 0 Å². The third-order valence-corrected chi connectivity index (χ3v) is 1.78. The Kier molecular flexibility index (Phi) is 1.94. The SMILES string of the molecule is C[C@]1(O)[CH]O[C@](N)(CO)[C@H]1O. The number of hydrogen-bond acceptors (Lipinski definition) is 5. The lowest BCUT2D eigenvalue weighted by molar-refractivity contribution is -0.0986. The molecule has 1 aliphatic heterocycles. The summed E-state index contributed by atoms with van der Waals surface area (Å²) in [7, 11) is 0. The molecule has 5 nitrogen and oxygen atoms in total. The fourth-order valence-electron chi connectivity index (χ4n) is 0.976. The van der Waals surface area contributed by atoms with Crippen molar-refractivity contribution in [3.8, 4) is 0 Å². The van der Waals surface area contributed by atoms with Crippen molar-refractivity contribution in [2.45, 2.75) is 24.4 Å². The van der Waals surface area contributed by atoms with Crippen molar-refractivity contribution in [2.24, 2.45) is 5.73 Å². The second-order valence-electron chi connectivity index (χ2n) is 2.98. The highest BCUT2D eigenvalue weighted by Crippen LogP contribution is 2.32. The molecule has 5 N–H and O–H groups in total. The first-order valence-corrected chi connectivity index (χ1v) is 3.25. The van der Waals surface area contributed by atoms with E-state index in [-0.39, 0.29) is 0 Å². The van der Waals surface area contributed by atoms with Crippen LogP contribution >= 0.6 is 0 Å². The molecule has 0 aromatic rings. The lowest BCUT2D eigenvalue weighted by atomic mass is 9.96. The normalized spacial score (nSPS) is 51.5. The summed E-state index contributed by atoms with van der Waals surface area (Å²) in [6.07, 6.45) is -1.31. The zero-order valence-electron chi connectivity index (χ0n) is 6.19. The molecule has 0 spiro atoms. The van der Waals surface area contributed by atoms with Crippen molar-refractivity contribution in [3.63, 3.8) is 0 Å². The van der Waals surface area contributed by atoms with Crippen LogP contribution in [0.4, 0.5) is 0 Å². The Morgan fingerprint density at radius 2 is 2.27 bits per heavy atom. The van der Waals surface area contributed by atoms with Crippen LogP contribution in [-0.4, -0.2) is 39.4 Å². The van der Waals surface area contributed by atoms with Crippen LogP contribution in [0.5, 0.6) is 0 Å². The van der Waals surface area contributed by atoms with E-state index in [2.05, 4.69) is 0 Å². The molecule has 1 saturated heterocycles.